The van der Waals surface area contributed by atoms with Gasteiger partial charge in [0, 0.05) is 40.7 Å². The number of nitrogens with zero attached hydrogens (tertiary/aromatic N) is 1. The predicted molar refractivity (Wildman–Crippen MR) is 125 cm³/mol. The third-order valence-corrected chi connectivity index (χ3v) is 6.71. The van der Waals surface area contributed by atoms with E-state index in [4.69, 9.17) is 49.4 Å². The maximum Gasteiger partial charge on any atom is 0.304 e. The van der Waals surface area contributed by atoms with Gasteiger partial charge in [-0.25, -0.2) is 0 Å². The van der Waals surface area contributed by atoms with Crippen LogP contribution in [-0.4, -0.2) is 42.2 Å². The Morgan fingerprint density at radius 1 is 1.19 bits per heavy atom. The van der Waals surface area contributed by atoms with Gasteiger partial charge < -0.3 is 19.5 Å². The molecule has 0 bridgehead atoms. The smallest absolute Gasteiger partial charge is 0.304 e. The van der Waals surface area contributed by atoms with Gasteiger partial charge in [0.25, 0.3) is 0 Å². The summed E-state index contributed by atoms with van der Waals surface area (Å²) in [7, 11) is 0. The largest absolute Gasteiger partial charge is 0.492 e. The second kappa shape index (κ2) is 10.1. The molecule has 2 aromatic rings. The summed E-state index contributed by atoms with van der Waals surface area (Å²) >= 11 is 18.4. The molecule has 0 aromatic heterocycles. The molecule has 1 fully saturated rings. The molecule has 1 atom stereocenters. The number of rotatable bonds is 6. The summed E-state index contributed by atoms with van der Waals surface area (Å²) in [5, 5.41) is 10.4. The number of carboxylic acids is 1. The van der Waals surface area contributed by atoms with Crippen molar-refractivity contribution in [3.05, 3.63) is 56.5 Å². The van der Waals surface area contributed by atoms with Gasteiger partial charge in [-0.15, -0.1) is 12.4 Å². The first kappa shape index (κ1) is 24.3. The average molecular weight is 507 g/mol. The third kappa shape index (κ3) is 5.35. The van der Waals surface area contributed by atoms with E-state index in [0.717, 1.165) is 37.2 Å². The summed E-state index contributed by atoms with van der Waals surface area (Å²) in [6.07, 6.45) is 2.21. The number of ether oxygens (including phenoxy) is 2. The number of piperidine rings is 1. The second-order valence-electron chi connectivity index (χ2n) is 7.89. The zero-order valence-corrected chi connectivity index (χ0v) is 19.8. The van der Waals surface area contributed by atoms with Crippen molar-refractivity contribution < 1.29 is 19.4 Å². The molecule has 0 saturated carbocycles. The fourth-order valence-corrected chi connectivity index (χ4v) is 5.24. The lowest BCUT2D eigenvalue weighted by Gasteiger charge is -2.39. The first-order chi connectivity index (χ1) is 14.4. The second-order valence-corrected chi connectivity index (χ2v) is 9.14. The molecule has 2 aliphatic rings. The highest BCUT2D eigenvalue weighted by molar-refractivity contribution is 6.39. The number of likely N-dealkylation sites (tertiary alicyclic amines) is 1. The average Bonchev–Trinajstić information content (AvgIpc) is 3.03. The molecule has 0 amide bonds. The molecule has 0 aliphatic carbocycles. The topological polar surface area (TPSA) is 59.0 Å². The van der Waals surface area contributed by atoms with E-state index in [1.165, 1.54) is 0 Å². The SMILES string of the molecule is Cl.O=C(O)CCN1CCCC2(COc3cc(OCc4c(Cl)cc(Cl)cc4Cl)ccc32)C1. The van der Waals surface area contributed by atoms with Gasteiger partial charge in [0.05, 0.1) is 23.1 Å². The molecular formula is C22H23Cl4NO4. The fraction of sp³-hybridized carbons (Fsp3) is 0.409. The lowest BCUT2D eigenvalue weighted by molar-refractivity contribution is -0.137. The van der Waals surface area contributed by atoms with E-state index in [-0.39, 0.29) is 30.8 Å². The van der Waals surface area contributed by atoms with Crippen LogP contribution in [0.5, 0.6) is 11.5 Å². The minimum atomic E-state index is -0.764. The monoisotopic (exact) mass is 505 g/mol. The molecule has 1 spiro atoms. The minimum absolute atomic E-state index is 0. The number of benzene rings is 2. The van der Waals surface area contributed by atoms with E-state index >= 15 is 0 Å². The first-order valence-corrected chi connectivity index (χ1v) is 11.0. The van der Waals surface area contributed by atoms with Crippen LogP contribution in [0.15, 0.2) is 30.3 Å². The molecule has 5 nitrogen and oxygen atoms in total. The Balaban J connectivity index is 0.00000272. The Morgan fingerprint density at radius 2 is 1.94 bits per heavy atom. The van der Waals surface area contributed by atoms with Gasteiger partial charge in [-0.3, -0.25) is 4.79 Å². The molecule has 2 aliphatic heterocycles. The van der Waals surface area contributed by atoms with Crippen LogP contribution in [0.2, 0.25) is 15.1 Å². The number of carbonyl (C=O) groups is 1. The minimum Gasteiger partial charge on any atom is -0.492 e. The van der Waals surface area contributed by atoms with Crippen LogP contribution < -0.4 is 9.47 Å². The van der Waals surface area contributed by atoms with Crippen LogP contribution in [0.3, 0.4) is 0 Å². The van der Waals surface area contributed by atoms with Crippen molar-refractivity contribution in [2.45, 2.75) is 31.3 Å². The van der Waals surface area contributed by atoms with E-state index in [9.17, 15) is 4.79 Å². The summed E-state index contributed by atoms with van der Waals surface area (Å²) in [6, 6.07) is 9.18. The highest BCUT2D eigenvalue weighted by Gasteiger charge is 2.43. The Labute approximate surface area is 202 Å². The molecule has 0 radical (unpaired) electrons. The lowest BCUT2D eigenvalue weighted by Crippen LogP contribution is -2.47. The number of hydrogen-bond acceptors (Lipinski definition) is 4. The number of aliphatic carboxylic acids is 1. The molecule has 1 unspecified atom stereocenters. The maximum atomic E-state index is 10.9. The van der Waals surface area contributed by atoms with Crippen LogP contribution in [0.25, 0.3) is 0 Å². The molecule has 2 aromatic carbocycles. The predicted octanol–water partition coefficient (Wildman–Crippen LogP) is 5.85. The van der Waals surface area contributed by atoms with Crippen LogP contribution >= 0.6 is 47.2 Å². The molecular weight excluding hydrogens is 484 g/mol. The van der Waals surface area contributed by atoms with Crippen LogP contribution in [0.4, 0.5) is 0 Å². The Hall–Kier alpha value is -1.37. The molecule has 9 heteroatoms. The number of halogens is 4. The summed E-state index contributed by atoms with van der Waals surface area (Å²) in [5.41, 5.74) is 1.76. The summed E-state index contributed by atoms with van der Waals surface area (Å²) in [6.45, 7) is 3.12. The number of fused-ring (bicyclic) bond motifs is 2. The van der Waals surface area contributed by atoms with Crippen LogP contribution in [0.1, 0.15) is 30.4 Å². The fourth-order valence-electron chi connectivity index (χ4n) is 4.32. The molecule has 168 valence electrons. The van der Waals surface area contributed by atoms with E-state index < -0.39 is 5.97 Å². The van der Waals surface area contributed by atoms with Gasteiger partial charge in [0.2, 0.25) is 0 Å². The van der Waals surface area contributed by atoms with Crippen LogP contribution in [0, 0.1) is 0 Å². The normalized spacial score (nSPS) is 20.1. The molecule has 4 rings (SSSR count). The third-order valence-electron chi connectivity index (χ3n) is 5.82. The lowest BCUT2D eigenvalue weighted by atomic mass is 9.75. The Bertz CT molecular complexity index is 948. The van der Waals surface area contributed by atoms with E-state index in [1.54, 1.807) is 12.1 Å². The van der Waals surface area contributed by atoms with E-state index in [2.05, 4.69) is 11.0 Å². The quantitative estimate of drug-likeness (QED) is 0.532. The molecule has 31 heavy (non-hydrogen) atoms. The van der Waals surface area contributed by atoms with Crippen molar-refractivity contribution in [2.24, 2.45) is 0 Å². The number of hydrogen-bond donors (Lipinski definition) is 1. The Kier molecular flexibility index (Phi) is 7.87. The van der Waals surface area contributed by atoms with Crippen molar-refractivity contribution in [1.82, 2.24) is 4.90 Å². The van der Waals surface area contributed by atoms with Gasteiger partial charge in [0.1, 0.15) is 18.1 Å². The van der Waals surface area contributed by atoms with Gasteiger partial charge in [0.15, 0.2) is 0 Å². The number of carboxylic acid groups (broad SMARTS) is 1. The van der Waals surface area contributed by atoms with E-state index in [0.29, 0.717) is 39.5 Å². The summed E-state index contributed by atoms with van der Waals surface area (Å²) in [5.74, 6) is 0.729. The van der Waals surface area contributed by atoms with Crippen molar-refractivity contribution in [2.75, 3.05) is 26.2 Å². The van der Waals surface area contributed by atoms with E-state index in [1.807, 2.05) is 12.1 Å². The van der Waals surface area contributed by atoms with Crippen LogP contribution in [-0.2, 0) is 16.8 Å². The Morgan fingerprint density at radius 3 is 2.65 bits per heavy atom. The molecule has 2 heterocycles. The standard InChI is InChI=1S/C22H22Cl3NO4.ClH/c23-14-8-18(24)16(19(25)9-14)11-29-15-2-3-17-20(10-15)30-13-22(17)5-1-6-26(12-22)7-4-21(27)28;/h2-3,8-10H,1,4-7,11-13H2,(H,27,28);1H. The van der Waals surface area contributed by atoms with Crippen molar-refractivity contribution >= 4 is 53.2 Å². The van der Waals surface area contributed by atoms with Gasteiger partial charge in [-0.2, -0.15) is 0 Å². The van der Waals surface area contributed by atoms with Gasteiger partial charge >= 0.3 is 5.97 Å². The van der Waals surface area contributed by atoms with Crippen molar-refractivity contribution in [3.63, 3.8) is 0 Å². The highest BCUT2D eigenvalue weighted by Crippen LogP contribution is 2.45. The zero-order chi connectivity index (χ0) is 21.3. The van der Waals surface area contributed by atoms with Gasteiger partial charge in [-0.05, 0) is 37.6 Å². The zero-order valence-electron chi connectivity index (χ0n) is 16.7. The van der Waals surface area contributed by atoms with Gasteiger partial charge in [-0.1, -0.05) is 40.9 Å². The molecule has 1 N–H and O–H groups in total. The van der Waals surface area contributed by atoms with Crippen molar-refractivity contribution in [3.8, 4) is 11.5 Å². The maximum absolute atomic E-state index is 10.9. The summed E-state index contributed by atoms with van der Waals surface area (Å²) < 4.78 is 11.9. The van der Waals surface area contributed by atoms with Crippen molar-refractivity contribution in [1.29, 1.82) is 0 Å². The summed E-state index contributed by atoms with van der Waals surface area (Å²) in [4.78, 5) is 13.2. The molecule has 1 saturated heterocycles. The first-order valence-electron chi connectivity index (χ1n) is 9.84. The highest BCUT2D eigenvalue weighted by atomic mass is 35.5.